The summed E-state index contributed by atoms with van der Waals surface area (Å²) < 4.78 is 6.82. The van der Waals surface area contributed by atoms with E-state index in [1.807, 2.05) is 7.05 Å². The predicted octanol–water partition coefficient (Wildman–Crippen LogP) is 3.43. The van der Waals surface area contributed by atoms with Crippen LogP contribution >= 0.6 is 15.9 Å². The topological polar surface area (TPSA) is 24.5 Å². The molecule has 0 bridgehead atoms. The molecule has 0 radical (unpaired) electrons. The molecular formula is C15H25BrN2O. The number of halogens is 1. The van der Waals surface area contributed by atoms with Gasteiger partial charge in [0, 0.05) is 18.1 Å². The average Bonchev–Trinajstić information content (AvgIpc) is 2.40. The van der Waals surface area contributed by atoms with E-state index in [-0.39, 0.29) is 0 Å². The van der Waals surface area contributed by atoms with Crippen LogP contribution in [0.3, 0.4) is 0 Å². The number of nitrogens with one attached hydrogen (secondary N) is 1. The Morgan fingerprint density at radius 3 is 2.32 bits per heavy atom. The molecule has 4 heteroatoms. The lowest BCUT2D eigenvalue weighted by molar-refractivity contribution is 0.411. The van der Waals surface area contributed by atoms with Crippen molar-refractivity contribution in [2.75, 3.05) is 39.2 Å². The van der Waals surface area contributed by atoms with E-state index in [2.05, 4.69) is 54.0 Å². The Labute approximate surface area is 125 Å². The third-order valence-electron chi connectivity index (χ3n) is 3.64. The third-order valence-corrected chi connectivity index (χ3v) is 4.83. The molecule has 0 aliphatic heterocycles. The normalized spacial score (nSPS) is 10.7. The average molecular weight is 329 g/mol. The van der Waals surface area contributed by atoms with Gasteiger partial charge < -0.3 is 15.0 Å². The van der Waals surface area contributed by atoms with Crippen LogP contribution in [-0.2, 0) is 0 Å². The van der Waals surface area contributed by atoms with Gasteiger partial charge in [-0.15, -0.1) is 0 Å². The van der Waals surface area contributed by atoms with E-state index >= 15 is 0 Å². The van der Waals surface area contributed by atoms with Gasteiger partial charge in [0.05, 0.1) is 12.8 Å². The number of nitrogens with zero attached hydrogens (tertiary/aromatic N) is 1. The van der Waals surface area contributed by atoms with Crippen molar-refractivity contribution in [3.63, 3.8) is 0 Å². The predicted molar refractivity (Wildman–Crippen MR) is 86.7 cm³/mol. The number of methoxy groups -OCH3 is 1. The largest absolute Gasteiger partial charge is 0.494 e. The van der Waals surface area contributed by atoms with Crippen LogP contribution in [0.5, 0.6) is 5.75 Å². The molecule has 0 amide bonds. The molecule has 1 aromatic rings. The molecule has 1 N–H and O–H groups in total. The van der Waals surface area contributed by atoms with Gasteiger partial charge in [0.1, 0.15) is 5.75 Å². The smallest absolute Gasteiger partial charge is 0.145 e. The molecule has 0 saturated heterocycles. The summed E-state index contributed by atoms with van der Waals surface area (Å²) in [6.07, 6.45) is 1.11. The standard InChI is InChI=1S/C15H25BrN2O/c1-10-11(2)15(19-6)14(12(3)13(10)16)18(5)9-7-8-17-4/h17H,7-9H2,1-6H3. The Morgan fingerprint density at radius 2 is 1.79 bits per heavy atom. The van der Waals surface area contributed by atoms with Gasteiger partial charge in [-0.1, -0.05) is 15.9 Å². The van der Waals surface area contributed by atoms with E-state index < -0.39 is 0 Å². The zero-order chi connectivity index (χ0) is 14.6. The van der Waals surface area contributed by atoms with Crippen LogP contribution in [0.1, 0.15) is 23.1 Å². The quantitative estimate of drug-likeness (QED) is 0.810. The highest BCUT2D eigenvalue weighted by molar-refractivity contribution is 9.10. The first-order valence-electron chi connectivity index (χ1n) is 6.64. The van der Waals surface area contributed by atoms with Gasteiger partial charge in [-0.3, -0.25) is 0 Å². The lowest BCUT2D eigenvalue weighted by Crippen LogP contribution is -2.24. The molecule has 19 heavy (non-hydrogen) atoms. The van der Waals surface area contributed by atoms with Crippen LogP contribution in [-0.4, -0.2) is 34.3 Å². The Morgan fingerprint density at radius 1 is 1.16 bits per heavy atom. The second kappa shape index (κ2) is 7.15. The monoisotopic (exact) mass is 328 g/mol. The SMILES string of the molecule is CNCCCN(C)c1c(C)c(Br)c(C)c(C)c1OC. The molecule has 0 heterocycles. The first-order valence-corrected chi connectivity index (χ1v) is 7.43. The van der Waals surface area contributed by atoms with Gasteiger partial charge in [-0.25, -0.2) is 0 Å². The van der Waals surface area contributed by atoms with E-state index in [9.17, 15) is 0 Å². The van der Waals surface area contributed by atoms with Gasteiger partial charge in [-0.2, -0.15) is 0 Å². The number of rotatable bonds is 6. The van der Waals surface area contributed by atoms with E-state index in [1.165, 1.54) is 26.9 Å². The molecule has 1 rings (SSSR count). The number of anilines is 1. The molecule has 0 spiro atoms. The van der Waals surface area contributed by atoms with Crippen molar-refractivity contribution in [1.29, 1.82) is 0 Å². The molecule has 0 unspecified atom stereocenters. The summed E-state index contributed by atoms with van der Waals surface area (Å²) in [5.41, 5.74) is 4.89. The van der Waals surface area contributed by atoms with Crippen molar-refractivity contribution in [3.05, 3.63) is 21.2 Å². The lowest BCUT2D eigenvalue weighted by Gasteiger charge is -2.27. The van der Waals surface area contributed by atoms with Gasteiger partial charge in [0.25, 0.3) is 0 Å². The summed E-state index contributed by atoms with van der Waals surface area (Å²) in [5.74, 6) is 0.991. The number of benzene rings is 1. The van der Waals surface area contributed by atoms with Gasteiger partial charge in [0.15, 0.2) is 0 Å². The molecule has 108 valence electrons. The van der Waals surface area contributed by atoms with Gasteiger partial charge in [0.2, 0.25) is 0 Å². The minimum atomic E-state index is 0.991. The van der Waals surface area contributed by atoms with Gasteiger partial charge in [-0.05, 0) is 57.5 Å². The van der Waals surface area contributed by atoms with Crippen molar-refractivity contribution in [2.45, 2.75) is 27.2 Å². The fraction of sp³-hybridized carbons (Fsp3) is 0.600. The Kier molecular flexibility index (Phi) is 6.14. The van der Waals surface area contributed by atoms with E-state index in [0.717, 1.165) is 25.3 Å². The Bertz CT molecular complexity index is 447. The first kappa shape index (κ1) is 16.3. The van der Waals surface area contributed by atoms with Crippen LogP contribution in [0.4, 0.5) is 5.69 Å². The van der Waals surface area contributed by atoms with Crippen molar-refractivity contribution in [1.82, 2.24) is 5.32 Å². The maximum atomic E-state index is 5.64. The highest BCUT2D eigenvalue weighted by atomic mass is 79.9. The third kappa shape index (κ3) is 3.42. The molecule has 0 saturated carbocycles. The number of hydrogen-bond donors (Lipinski definition) is 1. The summed E-state index contributed by atoms with van der Waals surface area (Å²) in [6.45, 7) is 8.41. The Hall–Kier alpha value is -0.740. The summed E-state index contributed by atoms with van der Waals surface area (Å²) >= 11 is 3.70. The summed E-state index contributed by atoms with van der Waals surface area (Å²) in [4.78, 5) is 2.28. The highest BCUT2D eigenvalue weighted by Crippen LogP contribution is 2.41. The number of ether oxygens (including phenoxy) is 1. The van der Waals surface area contributed by atoms with Crippen LogP contribution in [0.2, 0.25) is 0 Å². The molecule has 0 atom stereocenters. The molecular weight excluding hydrogens is 304 g/mol. The molecule has 0 aliphatic rings. The van der Waals surface area contributed by atoms with Crippen molar-refractivity contribution in [3.8, 4) is 5.75 Å². The lowest BCUT2D eigenvalue weighted by atomic mass is 10.0. The van der Waals surface area contributed by atoms with E-state index in [4.69, 9.17) is 4.74 Å². The van der Waals surface area contributed by atoms with E-state index in [1.54, 1.807) is 7.11 Å². The van der Waals surface area contributed by atoms with E-state index in [0.29, 0.717) is 0 Å². The van der Waals surface area contributed by atoms with Crippen molar-refractivity contribution >= 4 is 21.6 Å². The minimum absolute atomic E-state index is 0.991. The zero-order valence-electron chi connectivity index (χ0n) is 12.9. The summed E-state index contributed by atoms with van der Waals surface area (Å²) in [6, 6.07) is 0. The highest BCUT2D eigenvalue weighted by Gasteiger charge is 2.19. The van der Waals surface area contributed by atoms with Crippen LogP contribution in [0.15, 0.2) is 4.47 Å². The molecule has 0 aliphatic carbocycles. The van der Waals surface area contributed by atoms with Crippen LogP contribution in [0.25, 0.3) is 0 Å². The fourth-order valence-electron chi connectivity index (χ4n) is 2.38. The Balaban J connectivity index is 3.18. The molecule has 0 fully saturated rings. The number of hydrogen-bond acceptors (Lipinski definition) is 3. The summed E-state index contributed by atoms with van der Waals surface area (Å²) in [5, 5.41) is 3.18. The van der Waals surface area contributed by atoms with Crippen molar-refractivity contribution < 1.29 is 4.74 Å². The molecule has 3 nitrogen and oxygen atoms in total. The summed E-state index contributed by atoms with van der Waals surface area (Å²) in [7, 11) is 5.86. The molecule has 0 aromatic heterocycles. The van der Waals surface area contributed by atoms with Crippen LogP contribution < -0.4 is 15.0 Å². The van der Waals surface area contributed by atoms with Crippen molar-refractivity contribution in [2.24, 2.45) is 0 Å². The second-order valence-corrected chi connectivity index (χ2v) is 5.74. The van der Waals surface area contributed by atoms with Gasteiger partial charge >= 0.3 is 0 Å². The minimum Gasteiger partial charge on any atom is -0.494 e. The maximum absolute atomic E-state index is 5.64. The van der Waals surface area contributed by atoms with Crippen LogP contribution in [0, 0.1) is 20.8 Å². The molecule has 1 aromatic carbocycles. The zero-order valence-corrected chi connectivity index (χ0v) is 14.4. The maximum Gasteiger partial charge on any atom is 0.145 e. The fourth-order valence-corrected chi connectivity index (χ4v) is 2.87. The second-order valence-electron chi connectivity index (χ2n) is 4.95. The first-order chi connectivity index (χ1) is 8.95.